The number of hydrogen-bond donors (Lipinski definition) is 5. The van der Waals surface area contributed by atoms with Gasteiger partial charge in [0.25, 0.3) is 0 Å². The summed E-state index contributed by atoms with van der Waals surface area (Å²) in [6, 6.07) is 0. The van der Waals surface area contributed by atoms with Gasteiger partial charge in [0.2, 0.25) is 0 Å². The average molecular weight is 456 g/mol. The molecule has 32 heavy (non-hydrogen) atoms. The molecule has 0 saturated heterocycles. The Morgan fingerprint density at radius 1 is 1.25 bits per heavy atom. The number of allylic oxidation sites excluding steroid dienone is 2. The molecule has 0 saturated carbocycles. The van der Waals surface area contributed by atoms with E-state index in [1.807, 2.05) is 26.0 Å². The summed E-state index contributed by atoms with van der Waals surface area (Å²) < 4.78 is 5.84. The summed E-state index contributed by atoms with van der Waals surface area (Å²) in [7, 11) is 1.50. The second-order valence-corrected chi connectivity index (χ2v) is 8.88. The van der Waals surface area contributed by atoms with Crippen molar-refractivity contribution < 1.29 is 34.8 Å². The number of aliphatic hydroxyl groups excluding tert-OH is 3. The fraction of sp³-hybridized carbons (Fsp3) is 0.750. The van der Waals surface area contributed by atoms with E-state index < -0.39 is 30.4 Å². The van der Waals surface area contributed by atoms with Gasteiger partial charge in [-0.2, -0.15) is 0 Å². The van der Waals surface area contributed by atoms with Crippen molar-refractivity contribution in [3.63, 3.8) is 0 Å². The Labute approximate surface area is 191 Å². The third kappa shape index (κ3) is 8.31. The molecule has 0 aromatic heterocycles. The molecule has 8 nitrogen and oxygen atoms in total. The normalized spacial score (nSPS) is 29.5. The number of carboxylic acids is 1. The number of carbonyl (C=O) groups is 2. The Bertz CT molecular complexity index is 663. The number of nitrogens with two attached hydrogens (primary N) is 1. The summed E-state index contributed by atoms with van der Waals surface area (Å²) in [6.45, 7) is 5.85. The monoisotopic (exact) mass is 455 g/mol. The van der Waals surface area contributed by atoms with Crippen LogP contribution in [0, 0.1) is 23.7 Å². The predicted molar refractivity (Wildman–Crippen MR) is 122 cm³/mol. The number of hydrogen-bond acceptors (Lipinski definition) is 7. The number of aliphatic carboxylic acids is 1. The zero-order valence-corrected chi connectivity index (χ0v) is 19.7. The standard InChI is InChI=1S/C23H36O7.CH5N/c1-4-13(2)23(29)30-20-11-17(25)9-15-6-5-14(3)19(22(15)20)8-7-16(24)10-18(26)12-21(27)28;1-2/h5-6,9,13-14,16-20,22,24-26H,4,7-8,10-12H2,1-3H3,(H,27,28);2H2,1H3/t13-,14-,16+,17+,18?,19-,20-,22-;/m0./s1. The van der Waals surface area contributed by atoms with E-state index in [0.29, 0.717) is 25.7 Å². The molecular formula is C24H41NO7. The Morgan fingerprint density at radius 2 is 1.91 bits per heavy atom. The molecular weight excluding hydrogens is 414 g/mol. The number of aliphatic hydroxyl groups is 3. The van der Waals surface area contributed by atoms with Crippen molar-refractivity contribution >= 4 is 11.9 Å². The molecule has 8 heteroatoms. The molecule has 2 rings (SSSR count). The molecule has 0 aliphatic heterocycles. The number of carboxylic acid groups (broad SMARTS) is 1. The Kier molecular flexibility index (Phi) is 12.1. The number of fused-ring (bicyclic) bond motifs is 1. The summed E-state index contributed by atoms with van der Waals surface area (Å²) in [5, 5.41) is 39.1. The minimum atomic E-state index is -1.10. The highest BCUT2D eigenvalue weighted by Gasteiger charge is 2.42. The van der Waals surface area contributed by atoms with E-state index in [2.05, 4.69) is 18.7 Å². The van der Waals surface area contributed by atoms with Crippen molar-refractivity contribution in [1.82, 2.24) is 0 Å². The van der Waals surface area contributed by atoms with Gasteiger partial charge >= 0.3 is 11.9 Å². The van der Waals surface area contributed by atoms with Crippen molar-refractivity contribution in [2.75, 3.05) is 7.05 Å². The van der Waals surface area contributed by atoms with Crippen LogP contribution >= 0.6 is 0 Å². The molecule has 2 aliphatic carbocycles. The molecule has 184 valence electrons. The van der Waals surface area contributed by atoms with Crippen LogP contribution in [0.5, 0.6) is 0 Å². The third-order valence-corrected chi connectivity index (χ3v) is 6.44. The second kappa shape index (κ2) is 13.7. The van der Waals surface area contributed by atoms with Crippen LogP contribution in [0.4, 0.5) is 0 Å². The lowest BCUT2D eigenvalue weighted by atomic mass is 9.66. The SMILES string of the molecule is CC[C@H](C)C(=O)O[C@H]1C[C@H](O)C=C2C=C[C@H](C)[C@H](CC[C@@H](O)CC(O)CC(=O)O)[C@H]21.CN. The zero-order chi connectivity index (χ0) is 24.4. The summed E-state index contributed by atoms with van der Waals surface area (Å²) in [4.78, 5) is 23.1. The molecule has 0 heterocycles. The largest absolute Gasteiger partial charge is 0.481 e. The van der Waals surface area contributed by atoms with Gasteiger partial charge in [0, 0.05) is 12.3 Å². The smallest absolute Gasteiger partial charge is 0.308 e. The molecule has 8 atom stereocenters. The van der Waals surface area contributed by atoms with Crippen LogP contribution in [0.15, 0.2) is 23.8 Å². The maximum absolute atomic E-state index is 12.4. The topological polar surface area (TPSA) is 150 Å². The fourth-order valence-electron chi connectivity index (χ4n) is 4.52. The lowest BCUT2D eigenvalue weighted by Gasteiger charge is -2.43. The predicted octanol–water partition coefficient (Wildman–Crippen LogP) is 2.02. The van der Waals surface area contributed by atoms with Gasteiger partial charge in [0.15, 0.2) is 0 Å². The van der Waals surface area contributed by atoms with Gasteiger partial charge in [-0.3, -0.25) is 9.59 Å². The van der Waals surface area contributed by atoms with Crippen LogP contribution in [0.1, 0.15) is 59.3 Å². The van der Waals surface area contributed by atoms with E-state index in [-0.39, 0.29) is 42.5 Å². The van der Waals surface area contributed by atoms with E-state index in [0.717, 1.165) is 5.57 Å². The quantitative estimate of drug-likeness (QED) is 0.314. The zero-order valence-electron chi connectivity index (χ0n) is 19.7. The third-order valence-electron chi connectivity index (χ3n) is 6.44. The second-order valence-electron chi connectivity index (χ2n) is 8.88. The Hall–Kier alpha value is -1.74. The summed E-state index contributed by atoms with van der Waals surface area (Å²) in [5.41, 5.74) is 5.46. The van der Waals surface area contributed by atoms with E-state index in [9.17, 15) is 24.9 Å². The molecule has 0 bridgehead atoms. The highest BCUT2D eigenvalue weighted by atomic mass is 16.5. The van der Waals surface area contributed by atoms with Crippen LogP contribution in [0.2, 0.25) is 0 Å². The minimum Gasteiger partial charge on any atom is -0.481 e. The highest BCUT2D eigenvalue weighted by Crippen LogP contribution is 2.44. The molecule has 1 unspecified atom stereocenters. The Balaban J connectivity index is 0.00000249. The van der Waals surface area contributed by atoms with Crippen LogP contribution in [-0.4, -0.2) is 63.8 Å². The van der Waals surface area contributed by atoms with Crippen molar-refractivity contribution in [2.24, 2.45) is 29.4 Å². The lowest BCUT2D eigenvalue weighted by molar-refractivity contribution is -0.159. The maximum atomic E-state index is 12.4. The first-order valence-corrected chi connectivity index (χ1v) is 11.6. The van der Waals surface area contributed by atoms with Gasteiger partial charge in [0.1, 0.15) is 6.10 Å². The first-order valence-electron chi connectivity index (χ1n) is 11.6. The van der Waals surface area contributed by atoms with Crippen molar-refractivity contribution in [1.29, 1.82) is 0 Å². The van der Waals surface area contributed by atoms with Gasteiger partial charge < -0.3 is 30.9 Å². The van der Waals surface area contributed by atoms with E-state index in [1.165, 1.54) is 7.05 Å². The number of carbonyl (C=O) groups excluding carboxylic acids is 1. The molecule has 0 aromatic carbocycles. The van der Waals surface area contributed by atoms with E-state index >= 15 is 0 Å². The van der Waals surface area contributed by atoms with E-state index in [4.69, 9.17) is 9.84 Å². The summed E-state index contributed by atoms with van der Waals surface area (Å²) in [5.74, 6) is -1.31. The molecule has 6 N–H and O–H groups in total. The van der Waals surface area contributed by atoms with Gasteiger partial charge in [-0.05, 0) is 50.1 Å². The fourth-order valence-corrected chi connectivity index (χ4v) is 4.52. The van der Waals surface area contributed by atoms with Crippen molar-refractivity contribution in [3.05, 3.63) is 23.8 Å². The van der Waals surface area contributed by atoms with Crippen LogP contribution in [0.25, 0.3) is 0 Å². The minimum absolute atomic E-state index is 0.0156. The average Bonchev–Trinajstić information content (AvgIpc) is 2.73. The number of esters is 1. The first kappa shape index (κ1) is 28.3. The van der Waals surface area contributed by atoms with Crippen LogP contribution in [0.3, 0.4) is 0 Å². The molecule has 0 amide bonds. The van der Waals surface area contributed by atoms with Gasteiger partial charge in [-0.25, -0.2) is 0 Å². The highest BCUT2D eigenvalue weighted by molar-refractivity contribution is 5.72. The van der Waals surface area contributed by atoms with Crippen molar-refractivity contribution in [3.8, 4) is 0 Å². The van der Waals surface area contributed by atoms with Gasteiger partial charge in [0.05, 0.1) is 30.7 Å². The molecule has 0 radical (unpaired) electrons. The number of ether oxygens (including phenoxy) is 1. The summed E-state index contributed by atoms with van der Waals surface area (Å²) >= 11 is 0. The Morgan fingerprint density at radius 3 is 2.50 bits per heavy atom. The molecule has 0 fully saturated rings. The van der Waals surface area contributed by atoms with Crippen molar-refractivity contribution in [2.45, 2.75) is 83.7 Å². The van der Waals surface area contributed by atoms with Gasteiger partial charge in [-0.15, -0.1) is 0 Å². The summed E-state index contributed by atoms with van der Waals surface area (Å²) in [6.07, 6.45) is 4.64. The lowest BCUT2D eigenvalue weighted by Crippen LogP contribution is -2.43. The molecule has 0 spiro atoms. The first-order chi connectivity index (χ1) is 15.1. The maximum Gasteiger partial charge on any atom is 0.308 e. The van der Waals surface area contributed by atoms with Crippen LogP contribution < -0.4 is 5.73 Å². The van der Waals surface area contributed by atoms with E-state index in [1.54, 1.807) is 0 Å². The molecule has 2 aliphatic rings. The number of rotatable bonds is 10. The van der Waals surface area contributed by atoms with Gasteiger partial charge in [-0.1, -0.05) is 39.0 Å². The molecule has 0 aromatic rings. The van der Waals surface area contributed by atoms with Crippen LogP contribution in [-0.2, 0) is 14.3 Å².